The zero-order chi connectivity index (χ0) is 12.0. The number of aliphatic hydroxyl groups is 1. The standard InChI is InChI=1S/C13H26O2Si/c1-10-9-11-12(16(2,3)4)7-5-6-8-13(11,14)15-10/h10-12,14H,5-9H2,1-4H3/t10?,11-,12+,13?/m1/s1. The second-order valence-electron chi connectivity index (χ2n) is 6.83. The van der Waals surface area contributed by atoms with Gasteiger partial charge >= 0.3 is 0 Å². The number of rotatable bonds is 1. The Morgan fingerprint density at radius 3 is 2.56 bits per heavy atom. The van der Waals surface area contributed by atoms with Crippen LogP contribution in [0.3, 0.4) is 0 Å². The first-order valence-electron chi connectivity index (χ1n) is 6.73. The Kier molecular flexibility index (Phi) is 3.23. The van der Waals surface area contributed by atoms with Gasteiger partial charge < -0.3 is 9.84 Å². The van der Waals surface area contributed by atoms with Crippen LogP contribution in [-0.2, 0) is 4.74 Å². The van der Waals surface area contributed by atoms with Crippen LogP contribution in [0.2, 0.25) is 25.2 Å². The monoisotopic (exact) mass is 242 g/mol. The van der Waals surface area contributed by atoms with Gasteiger partial charge in [-0.2, -0.15) is 0 Å². The SMILES string of the molecule is CC1C[C@@H]2[C@@H]([Si](C)(C)C)CCCCC2(O)O1. The van der Waals surface area contributed by atoms with E-state index in [4.69, 9.17) is 4.74 Å². The summed E-state index contributed by atoms with van der Waals surface area (Å²) >= 11 is 0. The highest BCUT2D eigenvalue weighted by Gasteiger charge is 2.52. The van der Waals surface area contributed by atoms with Crippen LogP contribution in [0, 0.1) is 5.92 Å². The molecule has 0 aromatic rings. The molecule has 2 nitrogen and oxygen atoms in total. The van der Waals surface area contributed by atoms with Crippen LogP contribution in [0.1, 0.15) is 39.0 Å². The molecule has 94 valence electrons. The molecule has 0 radical (unpaired) electrons. The van der Waals surface area contributed by atoms with Crippen LogP contribution in [-0.4, -0.2) is 25.1 Å². The maximum Gasteiger partial charge on any atom is 0.168 e. The van der Waals surface area contributed by atoms with Gasteiger partial charge in [-0.3, -0.25) is 0 Å². The summed E-state index contributed by atoms with van der Waals surface area (Å²) in [6.45, 7) is 9.42. The van der Waals surface area contributed by atoms with Gasteiger partial charge in [-0.1, -0.05) is 32.5 Å². The Morgan fingerprint density at radius 1 is 1.25 bits per heavy atom. The van der Waals surface area contributed by atoms with Gasteiger partial charge in [0.15, 0.2) is 5.79 Å². The number of hydrogen-bond acceptors (Lipinski definition) is 2. The molecule has 4 atom stereocenters. The Morgan fingerprint density at radius 2 is 1.94 bits per heavy atom. The summed E-state index contributed by atoms with van der Waals surface area (Å²) in [5.41, 5.74) is 0.727. The van der Waals surface area contributed by atoms with Crippen molar-refractivity contribution in [1.82, 2.24) is 0 Å². The van der Waals surface area contributed by atoms with E-state index in [1.165, 1.54) is 12.8 Å². The topological polar surface area (TPSA) is 29.5 Å². The molecule has 1 aliphatic carbocycles. The molecule has 0 bridgehead atoms. The highest BCUT2D eigenvalue weighted by atomic mass is 28.3. The third kappa shape index (κ3) is 2.22. The molecule has 1 saturated carbocycles. The summed E-state index contributed by atoms with van der Waals surface area (Å²) in [6.07, 6.45) is 5.85. The molecule has 0 aromatic carbocycles. The first-order valence-corrected chi connectivity index (χ1v) is 10.3. The second kappa shape index (κ2) is 4.11. The van der Waals surface area contributed by atoms with Crippen LogP contribution >= 0.6 is 0 Å². The molecule has 2 aliphatic rings. The Bertz CT molecular complexity index is 261. The molecule has 1 heterocycles. The number of ether oxygens (including phenoxy) is 1. The van der Waals surface area contributed by atoms with Crippen LogP contribution in [0.4, 0.5) is 0 Å². The van der Waals surface area contributed by atoms with Crippen LogP contribution in [0.5, 0.6) is 0 Å². The molecule has 1 saturated heterocycles. The predicted molar refractivity (Wildman–Crippen MR) is 69.2 cm³/mol. The van der Waals surface area contributed by atoms with E-state index < -0.39 is 13.9 Å². The second-order valence-corrected chi connectivity index (χ2v) is 12.3. The lowest BCUT2D eigenvalue weighted by Gasteiger charge is -2.38. The van der Waals surface area contributed by atoms with E-state index in [-0.39, 0.29) is 6.10 Å². The molecule has 2 unspecified atom stereocenters. The zero-order valence-electron chi connectivity index (χ0n) is 11.1. The van der Waals surface area contributed by atoms with E-state index in [1.807, 2.05) is 0 Å². The quantitative estimate of drug-likeness (QED) is 0.714. The van der Waals surface area contributed by atoms with Gasteiger partial charge in [0, 0.05) is 20.4 Å². The maximum absolute atomic E-state index is 10.7. The third-order valence-electron chi connectivity index (χ3n) is 4.47. The van der Waals surface area contributed by atoms with Crippen molar-refractivity contribution in [3.63, 3.8) is 0 Å². The first-order chi connectivity index (χ1) is 7.33. The molecule has 0 aromatic heterocycles. The van der Waals surface area contributed by atoms with Gasteiger partial charge in [-0.25, -0.2) is 0 Å². The van der Waals surface area contributed by atoms with Gasteiger partial charge in [0.25, 0.3) is 0 Å². The lowest BCUT2D eigenvalue weighted by Crippen LogP contribution is -2.42. The molecule has 2 fully saturated rings. The van der Waals surface area contributed by atoms with Gasteiger partial charge in [0.1, 0.15) is 0 Å². The fourth-order valence-electron chi connectivity index (χ4n) is 3.73. The zero-order valence-corrected chi connectivity index (χ0v) is 12.1. The normalized spacial score (nSPS) is 45.2. The van der Waals surface area contributed by atoms with Crippen LogP contribution < -0.4 is 0 Å². The fraction of sp³-hybridized carbons (Fsp3) is 1.00. The lowest BCUT2D eigenvalue weighted by atomic mass is 9.91. The first kappa shape index (κ1) is 12.6. The average Bonchev–Trinajstić information content (AvgIpc) is 2.29. The summed E-state index contributed by atoms with van der Waals surface area (Å²) < 4.78 is 5.84. The van der Waals surface area contributed by atoms with E-state index in [9.17, 15) is 5.11 Å². The average molecular weight is 242 g/mol. The van der Waals surface area contributed by atoms with E-state index in [0.29, 0.717) is 5.92 Å². The summed E-state index contributed by atoms with van der Waals surface area (Å²) in [5.74, 6) is -0.391. The van der Waals surface area contributed by atoms with Crippen molar-refractivity contribution in [2.45, 2.75) is 76.1 Å². The Labute approximate surface area is 100 Å². The minimum absolute atomic E-state index is 0.243. The third-order valence-corrected chi connectivity index (χ3v) is 7.38. The minimum Gasteiger partial charge on any atom is -0.365 e. The molecule has 3 heteroatoms. The van der Waals surface area contributed by atoms with Crippen LogP contribution in [0.25, 0.3) is 0 Å². The van der Waals surface area contributed by atoms with Crippen molar-refractivity contribution < 1.29 is 9.84 Å². The van der Waals surface area contributed by atoms with Crippen molar-refractivity contribution in [3.8, 4) is 0 Å². The summed E-state index contributed by atoms with van der Waals surface area (Å²) in [7, 11) is -1.19. The van der Waals surface area contributed by atoms with Crippen LogP contribution in [0.15, 0.2) is 0 Å². The lowest BCUT2D eigenvalue weighted by molar-refractivity contribution is -0.212. The summed E-state index contributed by atoms with van der Waals surface area (Å²) in [5, 5.41) is 10.7. The molecule has 16 heavy (non-hydrogen) atoms. The highest BCUT2D eigenvalue weighted by molar-refractivity contribution is 6.77. The largest absolute Gasteiger partial charge is 0.365 e. The highest BCUT2D eigenvalue weighted by Crippen LogP contribution is 2.51. The van der Waals surface area contributed by atoms with E-state index in [1.54, 1.807) is 0 Å². The van der Waals surface area contributed by atoms with E-state index in [2.05, 4.69) is 26.6 Å². The van der Waals surface area contributed by atoms with E-state index in [0.717, 1.165) is 24.8 Å². The van der Waals surface area contributed by atoms with E-state index >= 15 is 0 Å². The number of fused-ring (bicyclic) bond motifs is 1. The van der Waals surface area contributed by atoms with Gasteiger partial charge in [0.2, 0.25) is 0 Å². The molecule has 0 spiro atoms. The number of hydrogen-bond donors (Lipinski definition) is 1. The smallest absolute Gasteiger partial charge is 0.168 e. The van der Waals surface area contributed by atoms with Gasteiger partial charge in [-0.15, -0.1) is 0 Å². The molecular weight excluding hydrogens is 216 g/mol. The minimum atomic E-state index is -1.19. The summed E-state index contributed by atoms with van der Waals surface area (Å²) in [4.78, 5) is 0. The molecule has 2 rings (SSSR count). The molecule has 1 aliphatic heterocycles. The maximum atomic E-state index is 10.7. The van der Waals surface area contributed by atoms with Crippen molar-refractivity contribution in [2.75, 3.05) is 0 Å². The summed E-state index contributed by atoms with van der Waals surface area (Å²) in [6, 6.07) is 0. The Balaban J connectivity index is 2.26. The Hall–Kier alpha value is 0.137. The molecule has 1 N–H and O–H groups in total. The molecular formula is C13H26O2Si. The molecule has 0 amide bonds. The van der Waals surface area contributed by atoms with Gasteiger partial charge in [0.05, 0.1) is 6.10 Å². The predicted octanol–water partition coefficient (Wildman–Crippen LogP) is 3.38. The fourth-order valence-corrected chi connectivity index (χ4v) is 6.40. The van der Waals surface area contributed by atoms with Crippen molar-refractivity contribution >= 4 is 8.07 Å². The van der Waals surface area contributed by atoms with Crippen molar-refractivity contribution in [2.24, 2.45) is 5.92 Å². The van der Waals surface area contributed by atoms with Crippen molar-refractivity contribution in [3.05, 3.63) is 0 Å². The van der Waals surface area contributed by atoms with Gasteiger partial charge in [-0.05, 0) is 25.3 Å². The van der Waals surface area contributed by atoms with Crippen molar-refractivity contribution in [1.29, 1.82) is 0 Å².